The molecule has 1 aromatic rings. The molecule has 0 aliphatic carbocycles. The van der Waals surface area contributed by atoms with Gasteiger partial charge in [-0.05, 0) is 25.0 Å². The second-order valence-corrected chi connectivity index (χ2v) is 7.47. The molecule has 1 saturated heterocycles. The van der Waals surface area contributed by atoms with Crippen LogP contribution in [0, 0.1) is 5.82 Å². The molecule has 7 heteroatoms. The van der Waals surface area contributed by atoms with Crippen LogP contribution in [0.3, 0.4) is 0 Å². The van der Waals surface area contributed by atoms with Gasteiger partial charge in [-0.3, -0.25) is 0 Å². The molecular formula is C14H20ClFN2O2S. The van der Waals surface area contributed by atoms with E-state index in [0.717, 1.165) is 6.42 Å². The molecule has 0 radical (unpaired) electrons. The zero-order chi connectivity index (χ0) is 15.6. The molecule has 1 aliphatic rings. The smallest absolute Gasteiger partial charge is 0.246 e. The Labute approximate surface area is 130 Å². The third-order valence-corrected chi connectivity index (χ3v) is 6.14. The average molecular weight is 335 g/mol. The Kier molecular flexibility index (Phi) is 5.24. The van der Waals surface area contributed by atoms with E-state index in [0.29, 0.717) is 19.5 Å². The number of rotatable bonds is 4. The van der Waals surface area contributed by atoms with Gasteiger partial charge in [-0.2, -0.15) is 4.31 Å². The molecule has 1 aliphatic heterocycles. The molecule has 0 spiro atoms. The van der Waals surface area contributed by atoms with E-state index in [2.05, 4.69) is 5.32 Å². The van der Waals surface area contributed by atoms with Gasteiger partial charge in [-0.25, -0.2) is 12.8 Å². The van der Waals surface area contributed by atoms with Crippen molar-refractivity contribution in [2.75, 3.05) is 13.1 Å². The zero-order valence-corrected chi connectivity index (χ0v) is 13.7. The van der Waals surface area contributed by atoms with Crippen molar-refractivity contribution >= 4 is 21.6 Å². The zero-order valence-electron chi connectivity index (χ0n) is 12.1. The molecule has 0 aromatic heterocycles. The van der Waals surface area contributed by atoms with Crippen molar-refractivity contribution in [3.05, 3.63) is 29.0 Å². The lowest BCUT2D eigenvalue weighted by Crippen LogP contribution is -2.57. The van der Waals surface area contributed by atoms with E-state index in [-0.39, 0.29) is 22.0 Å². The molecule has 0 bridgehead atoms. The first-order chi connectivity index (χ1) is 9.91. The Balaban J connectivity index is 2.42. The molecule has 0 amide bonds. The maximum atomic E-state index is 14.1. The van der Waals surface area contributed by atoms with E-state index in [9.17, 15) is 12.8 Å². The molecular weight excluding hydrogens is 315 g/mol. The Morgan fingerprint density at radius 1 is 1.38 bits per heavy atom. The normalized spacial score (nSPS) is 24.2. The molecule has 1 heterocycles. The summed E-state index contributed by atoms with van der Waals surface area (Å²) in [4.78, 5) is -0.342. The van der Waals surface area contributed by atoms with Gasteiger partial charge >= 0.3 is 0 Å². The number of hydrogen-bond acceptors (Lipinski definition) is 3. The highest BCUT2D eigenvalue weighted by molar-refractivity contribution is 7.89. The molecule has 1 fully saturated rings. The van der Waals surface area contributed by atoms with Crippen LogP contribution in [-0.4, -0.2) is 37.9 Å². The summed E-state index contributed by atoms with van der Waals surface area (Å²) in [6.07, 6.45) is 1.49. The fourth-order valence-corrected chi connectivity index (χ4v) is 4.62. The standard InChI is InChI=1S/C14H20ClFN2O2S/c1-3-10-9-18(11(4-2)8-17-10)21(19,20)13-7-5-6-12(15)14(13)16/h5-7,10-11,17H,3-4,8-9H2,1-2H3. The van der Waals surface area contributed by atoms with Gasteiger partial charge in [0.2, 0.25) is 10.0 Å². The number of hydrogen-bond donors (Lipinski definition) is 1. The quantitative estimate of drug-likeness (QED) is 0.921. The second-order valence-electron chi connectivity index (χ2n) is 5.20. The number of sulfonamides is 1. The first-order valence-corrected chi connectivity index (χ1v) is 8.92. The fourth-order valence-electron chi connectivity index (χ4n) is 2.56. The Hall–Kier alpha value is -0.690. The van der Waals surface area contributed by atoms with Crippen LogP contribution in [0.5, 0.6) is 0 Å². The first kappa shape index (κ1) is 16.7. The van der Waals surface area contributed by atoms with Crippen molar-refractivity contribution in [3.8, 4) is 0 Å². The third-order valence-electron chi connectivity index (χ3n) is 3.92. The minimum atomic E-state index is -3.89. The van der Waals surface area contributed by atoms with Crippen LogP contribution in [0.1, 0.15) is 26.7 Å². The number of nitrogens with zero attached hydrogens (tertiary/aromatic N) is 1. The summed E-state index contributed by atoms with van der Waals surface area (Å²) in [5.74, 6) is -0.874. The summed E-state index contributed by atoms with van der Waals surface area (Å²) in [5, 5.41) is 3.15. The summed E-state index contributed by atoms with van der Waals surface area (Å²) in [6.45, 7) is 4.85. The predicted molar refractivity (Wildman–Crippen MR) is 81.5 cm³/mol. The Morgan fingerprint density at radius 2 is 2.10 bits per heavy atom. The number of piperazine rings is 1. The predicted octanol–water partition coefficient (Wildman–Crippen LogP) is 2.63. The minimum absolute atomic E-state index is 0.0878. The van der Waals surface area contributed by atoms with Crippen LogP contribution in [0.4, 0.5) is 4.39 Å². The van der Waals surface area contributed by atoms with Gasteiger partial charge < -0.3 is 5.32 Å². The van der Waals surface area contributed by atoms with Gasteiger partial charge in [0.25, 0.3) is 0 Å². The van der Waals surface area contributed by atoms with Crippen molar-refractivity contribution in [3.63, 3.8) is 0 Å². The molecule has 0 saturated carbocycles. The van der Waals surface area contributed by atoms with E-state index in [1.165, 1.54) is 22.5 Å². The van der Waals surface area contributed by atoms with Gasteiger partial charge in [-0.15, -0.1) is 0 Å². The molecule has 21 heavy (non-hydrogen) atoms. The highest BCUT2D eigenvalue weighted by atomic mass is 35.5. The van der Waals surface area contributed by atoms with Gasteiger partial charge in [0, 0.05) is 25.2 Å². The van der Waals surface area contributed by atoms with E-state index in [4.69, 9.17) is 11.6 Å². The van der Waals surface area contributed by atoms with Gasteiger partial charge in [0.05, 0.1) is 5.02 Å². The van der Waals surface area contributed by atoms with Crippen molar-refractivity contribution in [2.45, 2.75) is 43.7 Å². The minimum Gasteiger partial charge on any atom is -0.311 e. The summed E-state index contributed by atoms with van der Waals surface area (Å²) in [7, 11) is -3.89. The highest BCUT2D eigenvalue weighted by Gasteiger charge is 2.37. The largest absolute Gasteiger partial charge is 0.311 e. The van der Waals surface area contributed by atoms with Crippen molar-refractivity contribution < 1.29 is 12.8 Å². The lowest BCUT2D eigenvalue weighted by molar-refractivity contribution is 0.215. The number of nitrogens with one attached hydrogen (secondary N) is 1. The van der Waals surface area contributed by atoms with E-state index < -0.39 is 15.8 Å². The monoisotopic (exact) mass is 334 g/mol. The van der Waals surface area contributed by atoms with Gasteiger partial charge in [0.15, 0.2) is 5.82 Å². The first-order valence-electron chi connectivity index (χ1n) is 7.11. The topological polar surface area (TPSA) is 49.4 Å². The molecule has 1 N–H and O–H groups in total. The van der Waals surface area contributed by atoms with E-state index >= 15 is 0 Å². The summed E-state index contributed by atoms with van der Waals surface area (Å²) in [5.41, 5.74) is 0. The van der Waals surface area contributed by atoms with Crippen molar-refractivity contribution in [2.24, 2.45) is 0 Å². The Morgan fingerprint density at radius 3 is 2.71 bits per heavy atom. The van der Waals surface area contributed by atoms with E-state index in [1.54, 1.807) is 0 Å². The van der Waals surface area contributed by atoms with Crippen molar-refractivity contribution in [1.82, 2.24) is 9.62 Å². The van der Waals surface area contributed by atoms with Gasteiger partial charge in [0.1, 0.15) is 4.90 Å². The highest BCUT2D eigenvalue weighted by Crippen LogP contribution is 2.28. The molecule has 2 rings (SSSR count). The number of benzene rings is 1. The van der Waals surface area contributed by atoms with Crippen LogP contribution in [0.2, 0.25) is 5.02 Å². The SMILES string of the molecule is CCC1CN(S(=O)(=O)c2cccc(Cl)c2F)C(CC)CN1. The van der Waals surface area contributed by atoms with Crippen LogP contribution >= 0.6 is 11.6 Å². The number of halogens is 2. The van der Waals surface area contributed by atoms with Crippen LogP contribution < -0.4 is 5.32 Å². The Bertz CT molecular complexity index is 609. The lowest BCUT2D eigenvalue weighted by Gasteiger charge is -2.38. The molecule has 4 nitrogen and oxygen atoms in total. The van der Waals surface area contributed by atoms with Gasteiger partial charge in [-0.1, -0.05) is 31.5 Å². The molecule has 2 atom stereocenters. The van der Waals surface area contributed by atoms with Crippen LogP contribution in [0.25, 0.3) is 0 Å². The maximum absolute atomic E-state index is 14.1. The van der Waals surface area contributed by atoms with Crippen molar-refractivity contribution in [1.29, 1.82) is 0 Å². The average Bonchev–Trinajstić information content (AvgIpc) is 2.49. The van der Waals surface area contributed by atoms with Crippen LogP contribution in [-0.2, 0) is 10.0 Å². The lowest BCUT2D eigenvalue weighted by atomic mass is 10.1. The van der Waals surface area contributed by atoms with E-state index in [1.807, 2.05) is 13.8 Å². The maximum Gasteiger partial charge on any atom is 0.246 e. The fraction of sp³-hybridized carbons (Fsp3) is 0.571. The summed E-state index contributed by atoms with van der Waals surface area (Å²) >= 11 is 5.71. The molecule has 1 aromatic carbocycles. The molecule has 2 unspecified atom stereocenters. The molecule has 118 valence electrons. The summed E-state index contributed by atoms with van der Waals surface area (Å²) in [6, 6.07) is 3.99. The second kappa shape index (κ2) is 6.60. The third kappa shape index (κ3) is 3.23. The van der Waals surface area contributed by atoms with Crippen LogP contribution in [0.15, 0.2) is 23.1 Å². The summed E-state index contributed by atoms with van der Waals surface area (Å²) < 4.78 is 41.1.